The topological polar surface area (TPSA) is 92.1 Å². The van der Waals surface area contributed by atoms with Gasteiger partial charge in [0.1, 0.15) is 5.82 Å². The lowest BCUT2D eigenvalue weighted by Gasteiger charge is -2.20. The summed E-state index contributed by atoms with van der Waals surface area (Å²) < 4.78 is 1.68. The van der Waals surface area contributed by atoms with Gasteiger partial charge in [-0.3, -0.25) is 9.78 Å². The summed E-state index contributed by atoms with van der Waals surface area (Å²) in [6.45, 7) is 2.09. The molecule has 3 aromatic rings. The predicted molar refractivity (Wildman–Crippen MR) is 94.8 cm³/mol. The SMILES string of the molecule is CC1=C(C(=O)Nc2ccc3cnccc3c2)Cn2nc(CO)cc2N1. The van der Waals surface area contributed by atoms with Crippen molar-refractivity contribution < 1.29 is 9.90 Å². The van der Waals surface area contributed by atoms with Crippen molar-refractivity contribution in [3.05, 3.63) is 59.7 Å². The third-order valence-electron chi connectivity index (χ3n) is 4.24. The molecule has 7 nitrogen and oxygen atoms in total. The highest BCUT2D eigenvalue weighted by Gasteiger charge is 2.22. The molecular formula is C18H17N5O2. The summed E-state index contributed by atoms with van der Waals surface area (Å²) in [7, 11) is 0. The number of nitrogens with zero attached hydrogens (tertiary/aromatic N) is 3. The highest BCUT2D eigenvalue weighted by atomic mass is 16.3. The van der Waals surface area contributed by atoms with Gasteiger partial charge < -0.3 is 15.7 Å². The molecule has 0 bridgehead atoms. The largest absolute Gasteiger partial charge is 0.390 e. The number of pyridine rings is 1. The van der Waals surface area contributed by atoms with E-state index in [0.29, 0.717) is 17.8 Å². The number of nitrogens with one attached hydrogen (secondary N) is 2. The molecule has 0 saturated heterocycles. The molecule has 0 aliphatic carbocycles. The molecule has 25 heavy (non-hydrogen) atoms. The lowest BCUT2D eigenvalue weighted by Crippen LogP contribution is -2.26. The number of aliphatic hydroxyl groups excluding tert-OH is 1. The van der Waals surface area contributed by atoms with Gasteiger partial charge in [0, 0.05) is 35.2 Å². The number of amides is 1. The molecule has 3 heterocycles. The fourth-order valence-electron chi connectivity index (χ4n) is 2.91. The van der Waals surface area contributed by atoms with E-state index in [0.717, 1.165) is 28.0 Å². The Kier molecular flexibility index (Phi) is 3.70. The number of hydrogen-bond donors (Lipinski definition) is 3. The number of aromatic nitrogens is 3. The van der Waals surface area contributed by atoms with Crippen molar-refractivity contribution in [2.45, 2.75) is 20.1 Å². The zero-order chi connectivity index (χ0) is 17.4. The van der Waals surface area contributed by atoms with Gasteiger partial charge in [-0.15, -0.1) is 0 Å². The average molecular weight is 335 g/mol. The second kappa shape index (κ2) is 6.03. The van der Waals surface area contributed by atoms with E-state index in [1.807, 2.05) is 31.2 Å². The number of aliphatic hydroxyl groups is 1. The Hall–Kier alpha value is -3.19. The molecule has 0 saturated carbocycles. The first-order valence-corrected chi connectivity index (χ1v) is 7.93. The molecule has 1 aliphatic heterocycles. The van der Waals surface area contributed by atoms with Gasteiger partial charge in [0.2, 0.25) is 0 Å². The Labute approximate surface area is 144 Å². The lowest BCUT2D eigenvalue weighted by atomic mass is 10.1. The molecule has 1 aromatic carbocycles. The Morgan fingerprint density at radius 2 is 2.20 bits per heavy atom. The minimum Gasteiger partial charge on any atom is -0.390 e. The Bertz CT molecular complexity index is 1010. The molecule has 2 aromatic heterocycles. The zero-order valence-electron chi connectivity index (χ0n) is 13.7. The highest BCUT2D eigenvalue weighted by molar-refractivity contribution is 6.05. The number of fused-ring (bicyclic) bond motifs is 2. The summed E-state index contributed by atoms with van der Waals surface area (Å²) in [6, 6.07) is 9.39. The van der Waals surface area contributed by atoms with Crippen molar-refractivity contribution >= 4 is 28.2 Å². The molecule has 3 N–H and O–H groups in total. The molecular weight excluding hydrogens is 318 g/mol. The molecule has 0 unspecified atom stereocenters. The van der Waals surface area contributed by atoms with Gasteiger partial charge in [-0.2, -0.15) is 5.10 Å². The normalized spacial score (nSPS) is 13.5. The van der Waals surface area contributed by atoms with Crippen LogP contribution < -0.4 is 10.6 Å². The molecule has 0 fully saturated rings. The van der Waals surface area contributed by atoms with Gasteiger partial charge in [0.25, 0.3) is 5.91 Å². The summed E-state index contributed by atoms with van der Waals surface area (Å²) in [4.78, 5) is 16.8. The maximum Gasteiger partial charge on any atom is 0.255 e. The number of anilines is 2. The van der Waals surface area contributed by atoms with Gasteiger partial charge >= 0.3 is 0 Å². The van der Waals surface area contributed by atoms with E-state index in [1.165, 1.54) is 0 Å². The summed E-state index contributed by atoms with van der Waals surface area (Å²) in [6.07, 6.45) is 3.51. The van der Waals surface area contributed by atoms with E-state index >= 15 is 0 Å². The number of carbonyl (C=O) groups is 1. The molecule has 7 heteroatoms. The van der Waals surface area contributed by atoms with Crippen LogP contribution in [-0.4, -0.2) is 25.8 Å². The Morgan fingerprint density at radius 1 is 1.32 bits per heavy atom. The number of benzene rings is 1. The first-order chi connectivity index (χ1) is 12.1. The maximum absolute atomic E-state index is 12.7. The van der Waals surface area contributed by atoms with Crippen molar-refractivity contribution in [2.75, 3.05) is 10.6 Å². The van der Waals surface area contributed by atoms with Crippen molar-refractivity contribution in [3.8, 4) is 0 Å². The van der Waals surface area contributed by atoms with Crippen LogP contribution in [0.3, 0.4) is 0 Å². The molecule has 1 amide bonds. The highest BCUT2D eigenvalue weighted by Crippen LogP contribution is 2.24. The van der Waals surface area contributed by atoms with Crippen LogP contribution in [0.1, 0.15) is 12.6 Å². The van der Waals surface area contributed by atoms with Gasteiger partial charge in [0.05, 0.1) is 24.4 Å². The molecule has 4 rings (SSSR count). The van der Waals surface area contributed by atoms with E-state index in [4.69, 9.17) is 0 Å². The monoisotopic (exact) mass is 335 g/mol. The quantitative estimate of drug-likeness (QED) is 0.683. The number of hydrogen-bond acceptors (Lipinski definition) is 5. The first kappa shape index (κ1) is 15.3. The minimum atomic E-state index is -0.176. The smallest absolute Gasteiger partial charge is 0.255 e. The Morgan fingerprint density at radius 3 is 3.04 bits per heavy atom. The summed E-state index contributed by atoms with van der Waals surface area (Å²) in [5, 5.41) is 21.6. The zero-order valence-corrected chi connectivity index (χ0v) is 13.7. The third kappa shape index (κ3) is 2.85. The van der Waals surface area contributed by atoms with Crippen molar-refractivity contribution in [2.24, 2.45) is 0 Å². The molecule has 126 valence electrons. The summed E-state index contributed by atoms with van der Waals surface area (Å²) >= 11 is 0. The van der Waals surface area contributed by atoms with Crippen LogP contribution in [0.2, 0.25) is 0 Å². The number of carbonyl (C=O) groups excluding carboxylic acids is 1. The second-order valence-corrected chi connectivity index (χ2v) is 5.96. The molecule has 0 atom stereocenters. The average Bonchev–Trinajstić information content (AvgIpc) is 3.02. The standard InChI is InChI=1S/C18H17N5O2/c1-11-16(9-23-17(20-11)7-15(10-24)22-23)18(25)21-14-3-2-13-8-19-5-4-12(13)6-14/h2-8,20,24H,9-10H2,1H3,(H,21,25). The maximum atomic E-state index is 12.7. The van der Waals surface area contributed by atoms with E-state index < -0.39 is 0 Å². The van der Waals surface area contributed by atoms with Gasteiger partial charge in [-0.25, -0.2) is 4.68 Å². The van der Waals surface area contributed by atoms with Crippen LogP contribution in [0, 0.1) is 0 Å². The van der Waals surface area contributed by atoms with Crippen molar-refractivity contribution in [3.63, 3.8) is 0 Å². The van der Waals surface area contributed by atoms with E-state index in [9.17, 15) is 9.90 Å². The van der Waals surface area contributed by atoms with Crippen LogP contribution in [0.15, 0.2) is 54.0 Å². The van der Waals surface area contributed by atoms with Crippen molar-refractivity contribution in [1.82, 2.24) is 14.8 Å². The van der Waals surface area contributed by atoms with Crippen LogP contribution in [0.4, 0.5) is 11.5 Å². The van der Waals surface area contributed by atoms with Crippen molar-refractivity contribution in [1.29, 1.82) is 0 Å². The summed E-state index contributed by atoms with van der Waals surface area (Å²) in [5.74, 6) is 0.599. The molecule has 0 spiro atoms. The lowest BCUT2D eigenvalue weighted by molar-refractivity contribution is -0.113. The minimum absolute atomic E-state index is 0.131. The molecule has 0 radical (unpaired) electrons. The molecule has 1 aliphatic rings. The van der Waals surface area contributed by atoms with Crippen LogP contribution in [-0.2, 0) is 17.9 Å². The fourth-order valence-corrected chi connectivity index (χ4v) is 2.91. The number of rotatable bonds is 3. The van der Waals surface area contributed by atoms with E-state index in [1.54, 1.807) is 23.1 Å². The van der Waals surface area contributed by atoms with Crippen LogP contribution in [0.25, 0.3) is 10.8 Å². The number of allylic oxidation sites excluding steroid dienone is 1. The van der Waals surface area contributed by atoms with Gasteiger partial charge in [-0.1, -0.05) is 6.07 Å². The van der Waals surface area contributed by atoms with Gasteiger partial charge in [0.15, 0.2) is 0 Å². The summed E-state index contributed by atoms with van der Waals surface area (Å²) in [5.41, 5.74) is 2.68. The Balaban J connectivity index is 1.57. The second-order valence-electron chi connectivity index (χ2n) is 5.96. The predicted octanol–water partition coefficient (Wildman–Crippen LogP) is 2.26. The van der Waals surface area contributed by atoms with E-state index in [2.05, 4.69) is 20.7 Å². The van der Waals surface area contributed by atoms with Crippen LogP contribution >= 0.6 is 0 Å². The van der Waals surface area contributed by atoms with E-state index in [-0.39, 0.29) is 12.5 Å². The fraction of sp³-hybridized carbons (Fsp3) is 0.167. The third-order valence-corrected chi connectivity index (χ3v) is 4.24. The first-order valence-electron chi connectivity index (χ1n) is 7.93. The van der Waals surface area contributed by atoms with Gasteiger partial charge in [-0.05, 0) is 30.5 Å². The van der Waals surface area contributed by atoms with Crippen LogP contribution in [0.5, 0.6) is 0 Å².